The van der Waals surface area contributed by atoms with E-state index in [1.165, 1.54) is 27.9 Å². The van der Waals surface area contributed by atoms with E-state index in [1.807, 2.05) is 48.3 Å². The highest BCUT2D eigenvalue weighted by atomic mass is 16.5. The minimum absolute atomic E-state index is 0.00899. The molecule has 5 aromatic rings. The van der Waals surface area contributed by atoms with Crippen LogP contribution in [0, 0.1) is 0 Å². The molecule has 46 heavy (non-hydrogen) atoms. The Hall–Kier alpha value is -4.12. The van der Waals surface area contributed by atoms with Crippen LogP contribution in [0.3, 0.4) is 0 Å². The predicted octanol–water partition coefficient (Wildman–Crippen LogP) is 10.9. The minimum atomic E-state index is -0.196. The Bertz CT molecular complexity index is 1830. The zero-order valence-electron chi connectivity index (χ0n) is 30.2. The Labute approximate surface area is 276 Å². The highest BCUT2D eigenvalue weighted by Crippen LogP contribution is 2.44. The molecule has 2 aromatic heterocycles. The largest absolute Gasteiger partial charge is 0.457 e. The molecular weight excluding hydrogens is 564 g/mol. The second kappa shape index (κ2) is 11.6. The van der Waals surface area contributed by atoms with E-state index in [0.29, 0.717) is 0 Å². The number of hydrogen-bond donors (Lipinski definition) is 0. The lowest BCUT2D eigenvalue weighted by Gasteiger charge is -2.28. The summed E-state index contributed by atoms with van der Waals surface area (Å²) >= 11 is 0. The van der Waals surface area contributed by atoms with Gasteiger partial charge in [-0.1, -0.05) is 119 Å². The molecule has 0 spiro atoms. The highest BCUT2D eigenvalue weighted by molar-refractivity contribution is 5.74. The quantitative estimate of drug-likeness (QED) is 0.197. The first kappa shape index (κ1) is 33.2. The summed E-state index contributed by atoms with van der Waals surface area (Å²) in [6.07, 6.45) is 3.76. The van der Waals surface area contributed by atoms with Crippen LogP contribution in [-0.4, -0.2) is 19.3 Å². The van der Waals surface area contributed by atoms with E-state index in [0.717, 1.165) is 34.3 Å². The average molecular weight is 617 g/mol. The Morgan fingerprint density at radius 1 is 0.609 bits per heavy atom. The van der Waals surface area contributed by atoms with Gasteiger partial charge < -0.3 is 9.30 Å². The van der Waals surface area contributed by atoms with Gasteiger partial charge in [-0.2, -0.15) is 5.10 Å². The molecule has 0 aliphatic rings. The molecule has 0 saturated heterocycles. The van der Waals surface area contributed by atoms with Gasteiger partial charge in [-0.05, 0) is 51.8 Å². The van der Waals surface area contributed by atoms with Crippen molar-refractivity contribution >= 4 is 0 Å². The van der Waals surface area contributed by atoms with Crippen molar-refractivity contribution in [3.63, 3.8) is 0 Å². The van der Waals surface area contributed by atoms with Crippen LogP contribution in [0.25, 0.3) is 28.2 Å². The number of imidazole rings is 1. The van der Waals surface area contributed by atoms with E-state index in [4.69, 9.17) is 9.84 Å². The van der Waals surface area contributed by atoms with Gasteiger partial charge in [0.25, 0.3) is 0 Å². The Morgan fingerprint density at radius 3 is 1.72 bits per heavy atom. The molecule has 0 aliphatic heterocycles. The van der Waals surface area contributed by atoms with Gasteiger partial charge in [0.2, 0.25) is 0 Å². The van der Waals surface area contributed by atoms with E-state index in [1.54, 1.807) is 0 Å². The SMILES string of the molecule is Cn1ccnc1-c1cccc(Oc2cccc(-n3nc(C(C)(C)C)c(-c4cc(C(C)(C)C)cc(C(C)(C)C)c4)c3C(C)(C)C)c2)c1. The Balaban J connectivity index is 1.69. The van der Waals surface area contributed by atoms with Crippen LogP contribution in [0.1, 0.15) is 106 Å². The molecule has 0 bridgehead atoms. The van der Waals surface area contributed by atoms with Crippen molar-refractivity contribution in [1.82, 2.24) is 19.3 Å². The Morgan fingerprint density at radius 2 is 1.20 bits per heavy atom. The van der Waals surface area contributed by atoms with E-state index in [-0.39, 0.29) is 21.7 Å². The van der Waals surface area contributed by atoms with Gasteiger partial charge in [-0.3, -0.25) is 0 Å². The maximum absolute atomic E-state index is 6.46. The number of benzene rings is 3. The van der Waals surface area contributed by atoms with Crippen LogP contribution in [0.4, 0.5) is 0 Å². The first-order valence-corrected chi connectivity index (χ1v) is 16.4. The second-order valence-electron chi connectivity index (χ2n) is 16.8. The van der Waals surface area contributed by atoms with Crippen molar-refractivity contribution in [2.75, 3.05) is 0 Å². The van der Waals surface area contributed by atoms with Gasteiger partial charge in [0.15, 0.2) is 0 Å². The van der Waals surface area contributed by atoms with Crippen molar-refractivity contribution in [1.29, 1.82) is 0 Å². The molecule has 0 fully saturated rings. The molecule has 2 heterocycles. The normalized spacial score (nSPS) is 12.9. The topological polar surface area (TPSA) is 44.9 Å². The molecular formula is C41H52N4O. The zero-order chi connectivity index (χ0) is 33.8. The third-order valence-corrected chi connectivity index (χ3v) is 8.47. The molecule has 0 saturated carbocycles. The number of nitrogens with zero attached hydrogens (tertiary/aromatic N) is 4. The lowest BCUT2D eigenvalue weighted by Crippen LogP contribution is -2.20. The van der Waals surface area contributed by atoms with Gasteiger partial charge in [0.05, 0.1) is 17.1 Å². The molecule has 0 unspecified atom stereocenters. The van der Waals surface area contributed by atoms with E-state index >= 15 is 0 Å². The molecule has 0 atom stereocenters. The summed E-state index contributed by atoms with van der Waals surface area (Å²) in [5.74, 6) is 2.42. The summed E-state index contributed by atoms with van der Waals surface area (Å²) in [6.45, 7) is 27.5. The van der Waals surface area contributed by atoms with E-state index in [9.17, 15) is 0 Å². The van der Waals surface area contributed by atoms with Gasteiger partial charge in [0.1, 0.15) is 17.3 Å². The fourth-order valence-corrected chi connectivity index (χ4v) is 5.89. The second-order valence-corrected chi connectivity index (χ2v) is 16.8. The summed E-state index contributed by atoms with van der Waals surface area (Å²) < 4.78 is 10.6. The first-order chi connectivity index (χ1) is 21.2. The van der Waals surface area contributed by atoms with Crippen molar-refractivity contribution in [2.24, 2.45) is 7.05 Å². The average Bonchev–Trinajstić information content (AvgIpc) is 3.57. The smallest absolute Gasteiger partial charge is 0.139 e. The van der Waals surface area contributed by atoms with E-state index < -0.39 is 0 Å². The Kier molecular flexibility index (Phi) is 8.38. The van der Waals surface area contributed by atoms with Gasteiger partial charge in [0, 0.05) is 47.5 Å². The van der Waals surface area contributed by atoms with Crippen LogP contribution in [0.15, 0.2) is 79.1 Å². The lowest BCUT2D eigenvalue weighted by molar-refractivity contribution is 0.481. The van der Waals surface area contributed by atoms with Crippen LogP contribution >= 0.6 is 0 Å². The number of aromatic nitrogens is 4. The molecule has 0 amide bonds. The first-order valence-electron chi connectivity index (χ1n) is 16.4. The molecule has 242 valence electrons. The lowest BCUT2D eigenvalue weighted by atomic mass is 9.76. The van der Waals surface area contributed by atoms with Gasteiger partial charge in [-0.15, -0.1) is 0 Å². The molecule has 3 aromatic carbocycles. The molecule has 0 aliphatic carbocycles. The molecule has 5 heteroatoms. The minimum Gasteiger partial charge on any atom is -0.457 e. The van der Waals surface area contributed by atoms with Crippen LogP contribution in [0.2, 0.25) is 0 Å². The van der Waals surface area contributed by atoms with Gasteiger partial charge >= 0.3 is 0 Å². The summed E-state index contributed by atoms with van der Waals surface area (Å²) in [5.41, 5.74) is 9.05. The predicted molar refractivity (Wildman–Crippen MR) is 193 cm³/mol. The molecule has 5 nitrogen and oxygen atoms in total. The molecule has 0 N–H and O–H groups in total. The van der Waals surface area contributed by atoms with Crippen LogP contribution in [0.5, 0.6) is 11.5 Å². The maximum atomic E-state index is 6.46. The third-order valence-electron chi connectivity index (χ3n) is 8.47. The third kappa shape index (κ3) is 6.84. The number of rotatable bonds is 5. The van der Waals surface area contributed by atoms with Gasteiger partial charge in [-0.25, -0.2) is 9.67 Å². The summed E-state index contributed by atoms with van der Waals surface area (Å²) in [7, 11) is 2.00. The fourth-order valence-electron chi connectivity index (χ4n) is 5.89. The van der Waals surface area contributed by atoms with Crippen molar-refractivity contribution < 1.29 is 4.74 Å². The zero-order valence-corrected chi connectivity index (χ0v) is 30.2. The summed E-state index contributed by atoms with van der Waals surface area (Å²) in [4.78, 5) is 4.51. The maximum Gasteiger partial charge on any atom is 0.139 e. The van der Waals surface area contributed by atoms with Crippen LogP contribution in [-0.2, 0) is 28.7 Å². The van der Waals surface area contributed by atoms with Crippen molar-refractivity contribution in [3.05, 3.63) is 102 Å². The fraction of sp³-hybridized carbons (Fsp3) is 0.415. The van der Waals surface area contributed by atoms with Crippen molar-refractivity contribution in [2.45, 2.75) is 105 Å². The number of aryl methyl sites for hydroxylation is 1. The molecule has 0 radical (unpaired) electrons. The van der Waals surface area contributed by atoms with Crippen LogP contribution < -0.4 is 4.74 Å². The van der Waals surface area contributed by atoms with E-state index in [2.05, 4.69) is 135 Å². The van der Waals surface area contributed by atoms with Crippen molar-refractivity contribution in [3.8, 4) is 39.7 Å². The summed E-state index contributed by atoms with van der Waals surface area (Å²) in [6, 6.07) is 23.6. The highest BCUT2D eigenvalue weighted by Gasteiger charge is 2.34. The standard InChI is InChI=1S/C41H52N4O/c1-38(2,3)29-22-28(23-30(25-29)39(4,5)6)34-35(40(7,8)9)43-45(36(34)41(10,11)12)31-17-15-19-33(26-31)46-32-18-14-16-27(24-32)37-42-20-21-44(37)13/h14-26H,1-13H3. The molecule has 5 rings (SSSR count). The summed E-state index contributed by atoms with van der Waals surface area (Å²) in [5, 5.41) is 5.43. The number of ether oxygens (including phenoxy) is 1. The monoisotopic (exact) mass is 616 g/mol. The number of hydrogen-bond acceptors (Lipinski definition) is 3.